The Kier molecular flexibility index (Phi) is 6.56. The lowest BCUT2D eigenvalue weighted by Crippen LogP contribution is -1.95. The van der Waals surface area contributed by atoms with Gasteiger partial charge >= 0.3 is 0 Å². The Morgan fingerprint density at radius 3 is 1.78 bits per heavy atom. The molecule has 5 aromatic rings. The molecule has 4 aromatic carbocycles. The second-order valence-electron chi connectivity index (χ2n) is 8.68. The zero-order valence-corrected chi connectivity index (χ0v) is 22.9. The summed E-state index contributed by atoms with van der Waals surface area (Å²) in [6.07, 6.45) is 2.12. The molecular formula is C32H21Br2N3. The molecule has 0 radical (unpaired) electrons. The molecule has 0 unspecified atom stereocenters. The van der Waals surface area contributed by atoms with Gasteiger partial charge in [0.2, 0.25) is 0 Å². The van der Waals surface area contributed by atoms with E-state index in [1.165, 1.54) is 0 Å². The van der Waals surface area contributed by atoms with Crippen molar-refractivity contribution < 1.29 is 0 Å². The third-order valence-corrected chi connectivity index (χ3v) is 7.29. The van der Waals surface area contributed by atoms with Gasteiger partial charge in [0.05, 0.1) is 5.71 Å². The first-order valence-electron chi connectivity index (χ1n) is 11.9. The van der Waals surface area contributed by atoms with Gasteiger partial charge < -0.3 is 4.98 Å². The molecule has 0 atom stereocenters. The summed E-state index contributed by atoms with van der Waals surface area (Å²) in [5.41, 5.74) is 8.25. The van der Waals surface area contributed by atoms with Crippen LogP contribution in [0.15, 0.2) is 140 Å². The van der Waals surface area contributed by atoms with Crippen molar-refractivity contribution in [2.45, 2.75) is 0 Å². The number of H-pyrrole nitrogens is 1. The summed E-state index contributed by atoms with van der Waals surface area (Å²) in [5.74, 6) is 1.47. The quantitative estimate of drug-likeness (QED) is 0.207. The van der Waals surface area contributed by atoms with Crippen LogP contribution >= 0.6 is 31.9 Å². The lowest BCUT2D eigenvalue weighted by Gasteiger charge is -2.04. The van der Waals surface area contributed by atoms with Crippen LogP contribution in [0, 0.1) is 0 Å². The van der Waals surface area contributed by atoms with Crippen LogP contribution in [-0.4, -0.2) is 16.5 Å². The summed E-state index contributed by atoms with van der Waals surface area (Å²) in [4.78, 5) is 13.7. The second kappa shape index (κ2) is 10.3. The average Bonchev–Trinajstić information content (AvgIpc) is 3.56. The number of allylic oxidation sites excluding steroid dienone is 1. The van der Waals surface area contributed by atoms with Gasteiger partial charge in [-0.25, -0.2) is 9.98 Å². The number of nitrogens with one attached hydrogen (secondary N) is 1. The molecule has 1 aromatic heterocycles. The molecular weight excluding hydrogens is 586 g/mol. The standard InChI is InChI=1S/C32H21Br2N3/c33-25-15-11-23(12-16-25)29-19-27(21-7-3-1-4-8-21)31(35-29)37-32-28(22-9-5-2-6-10-22)20-30(36-32)24-13-17-26(34)18-14-24/h1-20,35H/b37-32-. The fraction of sp³-hybridized carbons (Fsp3) is 0. The van der Waals surface area contributed by atoms with Crippen LogP contribution in [0.5, 0.6) is 0 Å². The zero-order chi connectivity index (χ0) is 25.2. The van der Waals surface area contributed by atoms with E-state index in [0.29, 0.717) is 5.84 Å². The molecule has 0 fully saturated rings. The first kappa shape index (κ1) is 23.6. The SMILES string of the molecule is Brc1ccc(C2=N/C(=N\c3[nH]c(-c4ccc(Br)cc4)cc3-c3ccccc3)C(c3ccccc3)=C2)cc1. The summed E-state index contributed by atoms with van der Waals surface area (Å²) in [6, 6.07) is 39.3. The van der Waals surface area contributed by atoms with Crippen LogP contribution in [0.25, 0.3) is 28.0 Å². The van der Waals surface area contributed by atoms with Gasteiger partial charge in [0.15, 0.2) is 5.84 Å². The monoisotopic (exact) mass is 605 g/mol. The van der Waals surface area contributed by atoms with Crippen molar-refractivity contribution in [3.05, 3.63) is 141 Å². The molecule has 0 amide bonds. The Morgan fingerprint density at radius 1 is 0.595 bits per heavy atom. The van der Waals surface area contributed by atoms with E-state index in [4.69, 9.17) is 9.98 Å². The molecule has 0 saturated heterocycles. The fourth-order valence-corrected chi connectivity index (χ4v) is 4.88. The van der Waals surface area contributed by atoms with E-state index < -0.39 is 0 Å². The van der Waals surface area contributed by atoms with Crippen LogP contribution in [0.4, 0.5) is 5.82 Å². The normalized spacial score (nSPS) is 14.1. The largest absolute Gasteiger partial charge is 0.339 e. The van der Waals surface area contributed by atoms with Crippen LogP contribution in [0.3, 0.4) is 0 Å². The van der Waals surface area contributed by atoms with Crippen molar-refractivity contribution in [2.75, 3.05) is 0 Å². The van der Waals surface area contributed by atoms with Gasteiger partial charge in [-0.05, 0) is 53.1 Å². The maximum Gasteiger partial charge on any atom is 0.162 e. The van der Waals surface area contributed by atoms with Gasteiger partial charge in [-0.2, -0.15) is 0 Å². The Hall–Kier alpha value is -3.80. The summed E-state index contributed by atoms with van der Waals surface area (Å²) in [6.45, 7) is 0. The Morgan fingerprint density at radius 2 is 1.16 bits per heavy atom. The summed E-state index contributed by atoms with van der Waals surface area (Å²) < 4.78 is 2.08. The molecule has 0 bridgehead atoms. The molecule has 0 saturated carbocycles. The Labute approximate surface area is 232 Å². The number of aromatic amines is 1. The van der Waals surface area contributed by atoms with Gasteiger partial charge in [0.1, 0.15) is 5.82 Å². The van der Waals surface area contributed by atoms with E-state index in [0.717, 1.165) is 59.6 Å². The van der Waals surface area contributed by atoms with Crippen LogP contribution in [-0.2, 0) is 0 Å². The number of benzene rings is 4. The highest BCUT2D eigenvalue weighted by molar-refractivity contribution is 9.10. The summed E-state index contributed by atoms with van der Waals surface area (Å²) in [5, 5.41) is 0. The fourth-order valence-electron chi connectivity index (χ4n) is 4.35. The van der Waals surface area contributed by atoms with Gasteiger partial charge in [-0.15, -0.1) is 0 Å². The number of hydrogen-bond acceptors (Lipinski definition) is 1. The molecule has 3 nitrogen and oxygen atoms in total. The minimum absolute atomic E-state index is 0.686. The van der Waals surface area contributed by atoms with Crippen molar-refractivity contribution >= 4 is 54.8 Å². The van der Waals surface area contributed by atoms with E-state index in [9.17, 15) is 0 Å². The molecule has 178 valence electrons. The van der Waals surface area contributed by atoms with Crippen molar-refractivity contribution in [3.8, 4) is 22.4 Å². The first-order chi connectivity index (χ1) is 18.1. The summed E-state index contributed by atoms with van der Waals surface area (Å²) >= 11 is 7.06. The number of rotatable bonds is 5. The smallest absolute Gasteiger partial charge is 0.162 e. The summed E-state index contributed by atoms with van der Waals surface area (Å²) in [7, 11) is 0. The highest BCUT2D eigenvalue weighted by Crippen LogP contribution is 2.37. The number of aromatic nitrogens is 1. The second-order valence-corrected chi connectivity index (χ2v) is 10.5. The third kappa shape index (κ3) is 5.06. The van der Waals surface area contributed by atoms with E-state index in [1.807, 2.05) is 60.7 Å². The number of hydrogen-bond donors (Lipinski definition) is 1. The minimum Gasteiger partial charge on any atom is -0.339 e. The molecule has 2 heterocycles. The van der Waals surface area contributed by atoms with Gasteiger partial charge in [0, 0.05) is 31.3 Å². The van der Waals surface area contributed by atoms with Crippen LogP contribution in [0.2, 0.25) is 0 Å². The molecule has 1 N–H and O–H groups in total. The molecule has 37 heavy (non-hydrogen) atoms. The highest BCUT2D eigenvalue weighted by Gasteiger charge is 2.21. The number of amidine groups is 1. The third-order valence-electron chi connectivity index (χ3n) is 6.23. The molecule has 6 rings (SSSR count). The highest BCUT2D eigenvalue weighted by atomic mass is 79.9. The van der Waals surface area contributed by atoms with Crippen molar-refractivity contribution in [1.82, 2.24) is 4.98 Å². The molecule has 0 spiro atoms. The average molecular weight is 607 g/mol. The van der Waals surface area contributed by atoms with E-state index in [-0.39, 0.29) is 0 Å². The topological polar surface area (TPSA) is 40.5 Å². The van der Waals surface area contributed by atoms with Crippen LogP contribution < -0.4 is 0 Å². The predicted octanol–water partition coefficient (Wildman–Crippen LogP) is 9.49. The number of nitrogens with zero attached hydrogens (tertiary/aromatic N) is 2. The van der Waals surface area contributed by atoms with E-state index in [1.54, 1.807) is 0 Å². The Balaban J connectivity index is 1.51. The van der Waals surface area contributed by atoms with Crippen molar-refractivity contribution in [3.63, 3.8) is 0 Å². The lowest BCUT2D eigenvalue weighted by atomic mass is 10.0. The minimum atomic E-state index is 0.686. The van der Waals surface area contributed by atoms with Gasteiger partial charge in [-0.3, -0.25) is 0 Å². The van der Waals surface area contributed by atoms with Crippen molar-refractivity contribution in [2.24, 2.45) is 9.98 Å². The van der Waals surface area contributed by atoms with Crippen LogP contribution in [0.1, 0.15) is 11.1 Å². The molecule has 1 aliphatic rings. The lowest BCUT2D eigenvalue weighted by molar-refractivity contribution is 1.33. The zero-order valence-electron chi connectivity index (χ0n) is 19.7. The number of aliphatic imine (C=N–C) groups is 2. The maximum absolute atomic E-state index is 5.14. The first-order valence-corrected chi connectivity index (χ1v) is 13.5. The molecule has 0 aliphatic carbocycles. The van der Waals surface area contributed by atoms with Gasteiger partial charge in [0.25, 0.3) is 0 Å². The maximum atomic E-state index is 5.14. The molecule has 1 aliphatic heterocycles. The number of halogens is 2. The molecule has 5 heteroatoms. The predicted molar refractivity (Wildman–Crippen MR) is 162 cm³/mol. The van der Waals surface area contributed by atoms with Gasteiger partial charge in [-0.1, -0.05) is 117 Å². The van der Waals surface area contributed by atoms with Crippen molar-refractivity contribution in [1.29, 1.82) is 0 Å². The van der Waals surface area contributed by atoms with E-state index >= 15 is 0 Å². The Bertz CT molecular complexity index is 1650. The van der Waals surface area contributed by atoms with E-state index in [2.05, 4.69) is 97.5 Å².